The smallest absolute Gasteiger partial charge is 0.412 e. The van der Waals surface area contributed by atoms with E-state index in [1.807, 2.05) is 54.0 Å². The standard InChI is InChI=1S/C21H22N4O3/c1-13-7-8-15-16(25(13)21(27)28)9-10-17-20(15)23-19(24(17)12-18(22)26)11-14-5-3-2-4-6-14/h2-6,9-10,13H,7-8,11-12H2,1H3,(H2,22,26)(H,27,28)/t13-/m0/s1. The lowest BCUT2D eigenvalue weighted by molar-refractivity contribution is -0.118. The maximum Gasteiger partial charge on any atom is 0.412 e. The van der Waals surface area contributed by atoms with E-state index >= 15 is 0 Å². The molecule has 1 aromatic heterocycles. The Labute approximate surface area is 162 Å². The van der Waals surface area contributed by atoms with Crippen molar-refractivity contribution in [1.29, 1.82) is 0 Å². The number of carboxylic acid groups (broad SMARTS) is 1. The first-order valence-electron chi connectivity index (χ1n) is 9.31. The molecule has 0 saturated heterocycles. The number of carbonyl (C=O) groups excluding carboxylic acids is 1. The maximum atomic E-state index is 11.8. The highest BCUT2D eigenvalue weighted by Crippen LogP contribution is 2.36. The molecule has 7 nitrogen and oxygen atoms in total. The molecule has 1 aliphatic rings. The van der Waals surface area contributed by atoms with Crippen LogP contribution < -0.4 is 10.6 Å². The molecule has 0 spiro atoms. The molecule has 2 heterocycles. The van der Waals surface area contributed by atoms with E-state index in [1.165, 1.54) is 4.90 Å². The zero-order valence-electron chi connectivity index (χ0n) is 15.6. The minimum atomic E-state index is -0.964. The Morgan fingerprint density at radius 2 is 1.96 bits per heavy atom. The van der Waals surface area contributed by atoms with Gasteiger partial charge in [-0.3, -0.25) is 9.69 Å². The van der Waals surface area contributed by atoms with E-state index in [0.29, 0.717) is 12.1 Å². The molecule has 0 unspecified atom stereocenters. The third-order valence-corrected chi connectivity index (χ3v) is 5.32. The number of amides is 2. The summed E-state index contributed by atoms with van der Waals surface area (Å²) in [5, 5.41) is 9.64. The number of nitrogens with zero attached hydrogens (tertiary/aromatic N) is 3. The summed E-state index contributed by atoms with van der Waals surface area (Å²) >= 11 is 0. The molecule has 0 saturated carbocycles. The van der Waals surface area contributed by atoms with Crippen LogP contribution in [0.15, 0.2) is 42.5 Å². The number of fused-ring (bicyclic) bond motifs is 3. The zero-order valence-corrected chi connectivity index (χ0v) is 15.6. The molecule has 0 fully saturated rings. The average molecular weight is 378 g/mol. The number of aromatic nitrogens is 2. The Bertz CT molecular complexity index is 1060. The molecule has 2 amide bonds. The van der Waals surface area contributed by atoms with Gasteiger partial charge in [0.2, 0.25) is 5.91 Å². The van der Waals surface area contributed by atoms with Crippen molar-refractivity contribution in [2.75, 3.05) is 4.90 Å². The molecule has 144 valence electrons. The van der Waals surface area contributed by atoms with Crippen LogP contribution in [-0.4, -0.2) is 32.7 Å². The van der Waals surface area contributed by atoms with Crippen LogP contribution in [0.2, 0.25) is 0 Å². The van der Waals surface area contributed by atoms with E-state index in [2.05, 4.69) is 0 Å². The lowest BCUT2D eigenvalue weighted by Crippen LogP contribution is -2.41. The Kier molecular flexibility index (Phi) is 4.50. The highest BCUT2D eigenvalue weighted by molar-refractivity contribution is 5.95. The predicted molar refractivity (Wildman–Crippen MR) is 106 cm³/mol. The predicted octanol–water partition coefficient (Wildman–Crippen LogP) is 2.93. The maximum absolute atomic E-state index is 11.8. The van der Waals surface area contributed by atoms with Crippen molar-refractivity contribution in [2.45, 2.75) is 38.8 Å². The SMILES string of the molecule is C[C@H]1CCc2c(ccc3c2nc(Cc2ccccc2)n3CC(N)=O)N1C(=O)O. The molecule has 0 aliphatic carbocycles. The third-order valence-electron chi connectivity index (χ3n) is 5.32. The van der Waals surface area contributed by atoms with Crippen molar-refractivity contribution in [3.8, 4) is 0 Å². The van der Waals surface area contributed by atoms with Crippen LogP contribution in [0.3, 0.4) is 0 Å². The molecule has 3 aromatic rings. The highest BCUT2D eigenvalue weighted by atomic mass is 16.4. The van der Waals surface area contributed by atoms with Gasteiger partial charge < -0.3 is 15.4 Å². The molecule has 4 rings (SSSR count). The molecule has 1 aliphatic heterocycles. The van der Waals surface area contributed by atoms with Gasteiger partial charge >= 0.3 is 6.09 Å². The number of imidazole rings is 1. The van der Waals surface area contributed by atoms with Crippen LogP contribution in [-0.2, 0) is 24.2 Å². The summed E-state index contributed by atoms with van der Waals surface area (Å²) in [5.74, 6) is 0.306. The monoisotopic (exact) mass is 378 g/mol. The van der Waals surface area contributed by atoms with Gasteiger partial charge in [-0.05, 0) is 37.5 Å². The number of hydrogen-bond acceptors (Lipinski definition) is 3. The first-order valence-corrected chi connectivity index (χ1v) is 9.31. The van der Waals surface area contributed by atoms with Crippen molar-refractivity contribution in [1.82, 2.24) is 9.55 Å². The lowest BCUT2D eigenvalue weighted by Gasteiger charge is -2.33. The summed E-state index contributed by atoms with van der Waals surface area (Å²) in [4.78, 5) is 29.7. The van der Waals surface area contributed by atoms with Crippen LogP contribution >= 0.6 is 0 Å². The van der Waals surface area contributed by atoms with E-state index in [0.717, 1.165) is 40.8 Å². The van der Waals surface area contributed by atoms with Crippen LogP contribution in [0, 0.1) is 0 Å². The van der Waals surface area contributed by atoms with Crippen molar-refractivity contribution >= 4 is 28.7 Å². The molecular weight excluding hydrogens is 356 g/mol. The minimum absolute atomic E-state index is 0.0382. The Morgan fingerprint density at radius 1 is 1.21 bits per heavy atom. The second kappa shape index (κ2) is 6.99. The summed E-state index contributed by atoms with van der Waals surface area (Å²) in [5.41, 5.74) is 9.71. The zero-order chi connectivity index (χ0) is 19.8. The van der Waals surface area contributed by atoms with E-state index < -0.39 is 12.0 Å². The fraction of sp³-hybridized carbons (Fsp3) is 0.286. The van der Waals surface area contributed by atoms with Gasteiger partial charge in [0.05, 0.1) is 16.7 Å². The van der Waals surface area contributed by atoms with Crippen LogP contribution in [0.25, 0.3) is 11.0 Å². The molecule has 0 radical (unpaired) electrons. The summed E-state index contributed by atoms with van der Waals surface area (Å²) in [7, 11) is 0. The summed E-state index contributed by atoms with van der Waals surface area (Å²) in [6.07, 6.45) is 1.08. The van der Waals surface area contributed by atoms with E-state index in [1.54, 1.807) is 0 Å². The van der Waals surface area contributed by atoms with Crippen molar-refractivity contribution in [3.63, 3.8) is 0 Å². The molecule has 3 N–H and O–H groups in total. The van der Waals surface area contributed by atoms with Gasteiger partial charge in [0.25, 0.3) is 0 Å². The summed E-state index contributed by atoms with van der Waals surface area (Å²) in [6, 6.07) is 13.5. The first-order chi connectivity index (χ1) is 13.5. The molecule has 28 heavy (non-hydrogen) atoms. The van der Waals surface area contributed by atoms with E-state index in [4.69, 9.17) is 10.7 Å². The number of rotatable bonds is 4. The molecular formula is C21H22N4O3. The normalized spacial score (nSPS) is 16.2. The van der Waals surface area contributed by atoms with Gasteiger partial charge in [-0.2, -0.15) is 0 Å². The second-order valence-corrected chi connectivity index (χ2v) is 7.21. The van der Waals surface area contributed by atoms with Gasteiger partial charge in [-0.15, -0.1) is 0 Å². The molecule has 0 bridgehead atoms. The number of nitrogens with two attached hydrogens (primary N) is 1. The molecule has 7 heteroatoms. The van der Waals surface area contributed by atoms with Gasteiger partial charge in [0.15, 0.2) is 0 Å². The van der Waals surface area contributed by atoms with Crippen LogP contribution in [0.4, 0.5) is 10.5 Å². The lowest BCUT2D eigenvalue weighted by atomic mass is 9.96. The van der Waals surface area contributed by atoms with Crippen molar-refractivity contribution < 1.29 is 14.7 Å². The average Bonchev–Trinajstić information content (AvgIpc) is 2.98. The minimum Gasteiger partial charge on any atom is -0.465 e. The number of hydrogen-bond donors (Lipinski definition) is 2. The van der Waals surface area contributed by atoms with E-state index in [-0.39, 0.29) is 12.6 Å². The largest absolute Gasteiger partial charge is 0.465 e. The number of primary amides is 1. The summed E-state index contributed by atoms with van der Waals surface area (Å²) < 4.78 is 1.84. The third kappa shape index (κ3) is 3.09. The fourth-order valence-electron chi connectivity index (χ4n) is 4.01. The highest BCUT2D eigenvalue weighted by Gasteiger charge is 2.30. The van der Waals surface area contributed by atoms with Crippen LogP contribution in [0.5, 0.6) is 0 Å². The Balaban J connectivity index is 1.88. The van der Waals surface area contributed by atoms with Crippen molar-refractivity contribution in [2.24, 2.45) is 5.73 Å². The first kappa shape index (κ1) is 18.0. The van der Waals surface area contributed by atoms with Crippen LogP contribution in [0.1, 0.15) is 30.3 Å². The Morgan fingerprint density at radius 3 is 2.64 bits per heavy atom. The number of carbonyl (C=O) groups is 2. The quantitative estimate of drug-likeness (QED) is 0.729. The summed E-state index contributed by atoms with van der Waals surface area (Å²) in [6.45, 7) is 1.95. The fourth-order valence-corrected chi connectivity index (χ4v) is 4.01. The van der Waals surface area contributed by atoms with Gasteiger partial charge in [0, 0.05) is 18.0 Å². The van der Waals surface area contributed by atoms with Gasteiger partial charge in [0.1, 0.15) is 12.4 Å². The van der Waals surface area contributed by atoms with E-state index in [9.17, 15) is 14.7 Å². The van der Waals surface area contributed by atoms with Gasteiger partial charge in [-0.1, -0.05) is 30.3 Å². The number of anilines is 1. The molecule has 1 atom stereocenters. The molecule has 2 aromatic carbocycles. The second-order valence-electron chi connectivity index (χ2n) is 7.21. The number of benzene rings is 2. The Hall–Kier alpha value is -3.35. The van der Waals surface area contributed by atoms with Gasteiger partial charge in [-0.25, -0.2) is 9.78 Å². The number of aryl methyl sites for hydroxylation is 1. The topological polar surface area (TPSA) is 101 Å². The van der Waals surface area contributed by atoms with Crippen molar-refractivity contribution in [3.05, 3.63) is 59.4 Å².